The van der Waals surface area contributed by atoms with Crippen LogP contribution < -0.4 is 10.1 Å². The molecule has 0 aliphatic rings. The summed E-state index contributed by atoms with van der Waals surface area (Å²) in [6, 6.07) is 9.33. The number of benzene rings is 1. The van der Waals surface area contributed by atoms with E-state index in [0.29, 0.717) is 5.56 Å². The minimum Gasteiger partial charge on any atom is -0.466 e. The molecule has 7 heteroatoms. The van der Waals surface area contributed by atoms with E-state index in [4.69, 9.17) is 4.74 Å². The lowest BCUT2D eigenvalue weighted by atomic mass is 10.1. The number of methoxy groups -OCH3 is 1. The fraction of sp³-hybridized carbons (Fsp3) is 0.143. The average Bonchev–Trinajstić information content (AvgIpc) is 2.94. The highest BCUT2D eigenvalue weighted by molar-refractivity contribution is 6.05. The van der Waals surface area contributed by atoms with Crippen LogP contribution in [0.2, 0.25) is 0 Å². The molecule has 0 radical (unpaired) electrons. The summed E-state index contributed by atoms with van der Waals surface area (Å²) in [5.41, 5.74) is 2.31. The standard InChI is InChI=1S/C14H13N5O2/c1-8-3-4-9-7-10(5-6-11(9)15-8)12(20)16-13-17-14(21-2)19-18-13/h3-7H,1-2H3,(H2,16,17,18,19,20). The second kappa shape index (κ2) is 5.20. The highest BCUT2D eigenvalue weighted by atomic mass is 16.5. The van der Waals surface area contributed by atoms with Crippen molar-refractivity contribution in [3.8, 4) is 6.01 Å². The number of fused-ring (bicyclic) bond motifs is 1. The van der Waals surface area contributed by atoms with E-state index in [1.165, 1.54) is 7.11 Å². The van der Waals surface area contributed by atoms with E-state index in [1.807, 2.05) is 25.1 Å². The van der Waals surface area contributed by atoms with Crippen LogP contribution >= 0.6 is 0 Å². The Morgan fingerprint density at radius 2 is 2.10 bits per heavy atom. The number of nitrogens with one attached hydrogen (secondary N) is 2. The van der Waals surface area contributed by atoms with Gasteiger partial charge < -0.3 is 4.74 Å². The Kier molecular flexibility index (Phi) is 3.23. The number of aromatic nitrogens is 4. The van der Waals surface area contributed by atoms with E-state index in [2.05, 4.69) is 25.5 Å². The Hall–Kier alpha value is -2.96. The molecule has 1 amide bonds. The summed E-state index contributed by atoms with van der Waals surface area (Å²) in [6.45, 7) is 1.93. The summed E-state index contributed by atoms with van der Waals surface area (Å²) in [4.78, 5) is 20.5. The maximum Gasteiger partial charge on any atom is 0.336 e. The topological polar surface area (TPSA) is 92.8 Å². The van der Waals surface area contributed by atoms with Gasteiger partial charge in [-0.1, -0.05) is 6.07 Å². The zero-order valence-corrected chi connectivity index (χ0v) is 11.5. The van der Waals surface area contributed by atoms with Crippen molar-refractivity contribution in [1.82, 2.24) is 20.2 Å². The molecule has 3 rings (SSSR count). The molecule has 0 aliphatic heterocycles. The van der Waals surface area contributed by atoms with Gasteiger partial charge in [-0.3, -0.25) is 15.1 Å². The zero-order valence-electron chi connectivity index (χ0n) is 11.5. The Morgan fingerprint density at radius 3 is 2.86 bits per heavy atom. The summed E-state index contributed by atoms with van der Waals surface area (Å²) in [7, 11) is 1.45. The maximum atomic E-state index is 12.2. The van der Waals surface area contributed by atoms with Crippen molar-refractivity contribution in [2.45, 2.75) is 6.92 Å². The van der Waals surface area contributed by atoms with E-state index in [-0.39, 0.29) is 17.9 Å². The highest BCUT2D eigenvalue weighted by Gasteiger charge is 2.10. The third kappa shape index (κ3) is 2.66. The molecule has 3 aromatic rings. The van der Waals surface area contributed by atoms with Gasteiger partial charge in [-0.05, 0) is 31.2 Å². The van der Waals surface area contributed by atoms with Gasteiger partial charge in [-0.15, -0.1) is 5.10 Å². The predicted octanol–water partition coefficient (Wildman–Crippen LogP) is 1.92. The molecule has 0 atom stereocenters. The van der Waals surface area contributed by atoms with Crippen LogP contribution in [0.15, 0.2) is 30.3 Å². The molecule has 2 N–H and O–H groups in total. The molecule has 0 unspecified atom stereocenters. The highest BCUT2D eigenvalue weighted by Crippen LogP contribution is 2.16. The molecule has 2 aromatic heterocycles. The Bertz CT molecular complexity index is 812. The number of aryl methyl sites for hydroxylation is 1. The molecule has 0 spiro atoms. The summed E-state index contributed by atoms with van der Waals surface area (Å²) >= 11 is 0. The van der Waals surface area contributed by atoms with Crippen molar-refractivity contribution >= 4 is 22.8 Å². The minimum atomic E-state index is -0.281. The number of pyridine rings is 1. The molecule has 1 aromatic carbocycles. The van der Waals surface area contributed by atoms with Crippen LogP contribution in [-0.2, 0) is 0 Å². The van der Waals surface area contributed by atoms with E-state index < -0.39 is 0 Å². The van der Waals surface area contributed by atoms with Gasteiger partial charge in [-0.2, -0.15) is 4.98 Å². The summed E-state index contributed by atoms with van der Waals surface area (Å²) in [6.07, 6.45) is 0. The number of carbonyl (C=O) groups excluding carboxylic acids is 1. The first-order valence-corrected chi connectivity index (χ1v) is 6.31. The zero-order chi connectivity index (χ0) is 14.8. The SMILES string of the molecule is COc1n[nH]c(NC(=O)c2ccc3nc(C)ccc3c2)n1. The molecule has 21 heavy (non-hydrogen) atoms. The number of nitrogens with zero attached hydrogens (tertiary/aromatic N) is 3. The Morgan fingerprint density at radius 1 is 1.24 bits per heavy atom. The first-order chi connectivity index (χ1) is 10.2. The van der Waals surface area contributed by atoms with E-state index >= 15 is 0 Å². The molecule has 106 valence electrons. The average molecular weight is 283 g/mol. The van der Waals surface area contributed by atoms with Crippen LogP contribution in [-0.4, -0.2) is 33.2 Å². The lowest BCUT2D eigenvalue weighted by molar-refractivity contribution is 0.102. The van der Waals surface area contributed by atoms with Crippen molar-refractivity contribution in [2.75, 3.05) is 12.4 Å². The molecular formula is C14H13N5O2. The fourth-order valence-electron chi connectivity index (χ4n) is 1.94. The van der Waals surface area contributed by atoms with E-state index in [1.54, 1.807) is 12.1 Å². The van der Waals surface area contributed by atoms with Crippen LogP contribution in [0.5, 0.6) is 6.01 Å². The van der Waals surface area contributed by atoms with Crippen LogP contribution in [0.1, 0.15) is 16.1 Å². The number of amides is 1. The van der Waals surface area contributed by atoms with Crippen LogP contribution in [0, 0.1) is 6.92 Å². The first-order valence-electron chi connectivity index (χ1n) is 6.31. The number of rotatable bonds is 3. The number of anilines is 1. The third-order valence-corrected chi connectivity index (χ3v) is 2.97. The van der Waals surface area contributed by atoms with Gasteiger partial charge in [0.2, 0.25) is 5.95 Å². The van der Waals surface area contributed by atoms with Gasteiger partial charge in [-0.25, -0.2) is 5.10 Å². The van der Waals surface area contributed by atoms with Crippen LogP contribution in [0.3, 0.4) is 0 Å². The van der Waals surface area contributed by atoms with Gasteiger partial charge in [0.1, 0.15) is 0 Å². The maximum absolute atomic E-state index is 12.2. The second-order valence-electron chi connectivity index (χ2n) is 4.48. The summed E-state index contributed by atoms with van der Waals surface area (Å²) < 4.78 is 4.84. The molecule has 0 fully saturated rings. The van der Waals surface area contributed by atoms with Gasteiger partial charge in [0.25, 0.3) is 5.91 Å². The largest absolute Gasteiger partial charge is 0.466 e. The minimum absolute atomic E-state index is 0.170. The molecule has 0 saturated carbocycles. The van der Waals surface area contributed by atoms with Gasteiger partial charge in [0.05, 0.1) is 12.6 Å². The Balaban J connectivity index is 1.85. The number of hydrogen-bond donors (Lipinski definition) is 2. The number of ether oxygens (including phenoxy) is 1. The van der Waals surface area contributed by atoms with Crippen molar-refractivity contribution in [2.24, 2.45) is 0 Å². The molecule has 0 bridgehead atoms. The first kappa shape index (κ1) is 13.0. The Labute approximate surface area is 120 Å². The number of hydrogen-bond acceptors (Lipinski definition) is 5. The summed E-state index contributed by atoms with van der Waals surface area (Å²) in [5, 5.41) is 9.86. The smallest absolute Gasteiger partial charge is 0.336 e. The van der Waals surface area contributed by atoms with Crippen molar-refractivity contribution in [3.05, 3.63) is 41.6 Å². The lowest BCUT2D eigenvalue weighted by Gasteiger charge is -2.04. The van der Waals surface area contributed by atoms with Crippen molar-refractivity contribution in [3.63, 3.8) is 0 Å². The summed E-state index contributed by atoms with van der Waals surface area (Å²) in [5.74, 6) is -0.0461. The van der Waals surface area contributed by atoms with Gasteiger partial charge in [0, 0.05) is 16.6 Å². The normalized spacial score (nSPS) is 10.6. The molecule has 7 nitrogen and oxygen atoms in total. The van der Waals surface area contributed by atoms with E-state index in [9.17, 15) is 4.79 Å². The molecule has 0 aliphatic carbocycles. The van der Waals surface area contributed by atoms with Gasteiger partial charge in [0.15, 0.2) is 0 Å². The number of carbonyl (C=O) groups is 1. The molecule has 0 saturated heterocycles. The van der Waals surface area contributed by atoms with Crippen LogP contribution in [0.4, 0.5) is 5.95 Å². The lowest BCUT2D eigenvalue weighted by Crippen LogP contribution is -2.13. The molecule has 2 heterocycles. The second-order valence-corrected chi connectivity index (χ2v) is 4.48. The van der Waals surface area contributed by atoms with Gasteiger partial charge >= 0.3 is 6.01 Å². The van der Waals surface area contributed by atoms with Crippen LogP contribution in [0.25, 0.3) is 10.9 Å². The number of aromatic amines is 1. The van der Waals surface area contributed by atoms with Crippen molar-refractivity contribution < 1.29 is 9.53 Å². The quantitative estimate of drug-likeness (QED) is 0.766. The molecular weight excluding hydrogens is 270 g/mol. The van der Waals surface area contributed by atoms with Crippen molar-refractivity contribution in [1.29, 1.82) is 0 Å². The predicted molar refractivity (Wildman–Crippen MR) is 77.4 cm³/mol. The fourth-order valence-corrected chi connectivity index (χ4v) is 1.94. The monoisotopic (exact) mass is 283 g/mol. The third-order valence-electron chi connectivity index (χ3n) is 2.97. The van der Waals surface area contributed by atoms with E-state index in [0.717, 1.165) is 16.6 Å². The number of H-pyrrole nitrogens is 1.